The summed E-state index contributed by atoms with van der Waals surface area (Å²) in [6, 6.07) is 5.49. The van der Waals surface area contributed by atoms with Gasteiger partial charge in [-0.3, -0.25) is 4.79 Å². The molecule has 0 bridgehead atoms. The first kappa shape index (κ1) is 22.1. The highest BCUT2D eigenvalue weighted by atomic mass is 32.2. The van der Waals surface area contributed by atoms with Gasteiger partial charge in [-0.25, -0.2) is 13.4 Å². The molecule has 1 heterocycles. The minimum Gasteiger partial charge on any atom is -0.480 e. The van der Waals surface area contributed by atoms with E-state index in [-0.39, 0.29) is 17.2 Å². The van der Waals surface area contributed by atoms with E-state index in [1.165, 1.54) is 19.2 Å². The maximum Gasteiger partial charge on any atom is 0.322 e. The first-order valence-corrected chi connectivity index (χ1v) is 10.9. The average molecular weight is 408 g/mol. The molecule has 0 saturated heterocycles. The Labute approximate surface area is 167 Å². The zero-order valence-corrected chi connectivity index (χ0v) is 17.7. The highest BCUT2D eigenvalue weighted by Gasteiger charge is 2.33. The SMILES string of the molecule is CCCc1nccn1Cc1ccc(S(=O)(=O)N(C)[C@@H](CC(C)C)C(=O)O)cc1. The summed E-state index contributed by atoms with van der Waals surface area (Å²) >= 11 is 0. The lowest BCUT2D eigenvalue weighted by Gasteiger charge is -2.25. The smallest absolute Gasteiger partial charge is 0.322 e. The number of imidazole rings is 1. The van der Waals surface area contributed by atoms with Gasteiger partial charge in [-0.05, 0) is 36.5 Å². The van der Waals surface area contributed by atoms with Gasteiger partial charge in [0.05, 0.1) is 4.90 Å². The van der Waals surface area contributed by atoms with Crippen LogP contribution in [-0.2, 0) is 27.8 Å². The van der Waals surface area contributed by atoms with Crippen molar-refractivity contribution in [2.75, 3.05) is 7.05 Å². The van der Waals surface area contributed by atoms with Crippen LogP contribution in [0.2, 0.25) is 0 Å². The number of likely N-dealkylation sites (N-methyl/N-ethyl adjacent to an activating group) is 1. The van der Waals surface area contributed by atoms with Gasteiger partial charge in [0.15, 0.2) is 0 Å². The molecule has 0 aliphatic rings. The van der Waals surface area contributed by atoms with Crippen molar-refractivity contribution in [2.24, 2.45) is 5.92 Å². The van der Waals surface area contributed by atoms with Crippen molar-refractivity contribution in [1.29, 1.82) is 0 Å². The lowest BCUT2D eigenvalue weighted by molar-refractivity contribution is -0.141. The maximum atomic E-state index is 12.9. The fraction of sp³-hybridized carbons (Fsp3) is 0.500. The first-order chi connectivity index (χ1) is 13.2. The van der Waals surface area contributed by atoms with Gasteiger partial charge in [-0.15, -0.1) is 0 Å². The number of hydrogen-bond donors (Lipinski definition) is 1. The summed E-state index contributed by atoms with van der Waals surface area (Å²) in [5.74, 6) is -0.0782. The van der Waals surface area contributed by atoms with Crippen LogP contribution in [-0.4, -0.2) is 46.4 Å². The molecule has 0 saturated carbocycles. The Morgan fingerprint density at radius 1 is 1.25 bits per heavy atom. The maximum absolute atomic E-state index is 12.9. The Kier molecular flexibility index (Phi) is 7.37. The molecule has 154 valence electrons. The normalized spacial score (nSPS) is 13.2. The van der Waals surface area contributed by atoms with Crippen LogP contribution in [0.5, 0.6) is 0 Å². The number of carbonyl (C=O) groups is 1. The number of nitrogens with zero attached hydrogens (tertiary/aromatic N) is 3. The Morgan fingerprint density at radius 2 is 1.89 bits per heavy atom. The molecule has 1 atom stereocenters. The van der Waals surface area contributed by atoms with Crippen LogP contribution in [0.25, 0.3) is 0 Å². The van der Waals surface area contributed by atoms with Gasteiger partial charge in [0.2, 0.25) is 10.0 Å². The van der Waals surface area contributed by atoms with Crippen molar-refractivity contribution in [3.05, 3.63) is 48.0 Å². The molecular formula is C20H29N3O4S. The minimum atomic E-state index is -3.89. The van der Waals surface area contributed by atoms with Gasteiger partial charge < -0.3 is 9.67 Å². The highest BCUT2D eigenvalue weighted by Crippen LogP contribution is 2.21. The van der Waals surface area contributed by atoms with E-state index in [1.54, 1.807) is 18.3 Å². The fourth-order valence-electron chi connectivity index (χ4n) is 3.08. The quantitative estimate of drug-likeness (QED) is 0.654. The lowest BCUT2D eigenvalue weighted by atomic mass is 10.0. The van der Waals surface area contributed by atoms with Crippen LogP contribution >= 0.6 is 0 Å². The molecule has 8 heteroatoms. The molecule has 1 aromatic carbocycles. The standard InChI is InChI=1S/C20H29N3O4S/c1-5-6-19-21-11-12-23(19)14-16-7-9-17(10-8-16)28(26,27)22(4)18(20(24)25)13-15(2)3/h7-12,15,18H,5-6,13-14H2,1-4H3,(H,24,25)/t18-/m0/s1. The minimum absolute atomic E-state index is 0.0635. The van der Waals surface area contributed by atoms with E-state index in [2.05, 4.69) is 11.9 Å². The summed E-state index contributed by atoms with van der Waals surface area (Å²) in [6.45, 7) is 6.44. The summed E-state index contributed by atoms with van der Waals surface area (Å²) in [4.78, 5) is 16.0. The second-order valence-corrected chi connectivity index (χ2v) is 9.37. The molecule has 28 heavy (non-hydrogen) atoms. The topological polar surface area (TPSA) is 92.5 Å². The summed E-state index contributed by atoms with van der Waals surface area (Å²) in [5.41, 5.74) is 0.953. The van der Waals surface area contributed by atoms with E-state index in [9.17, 15) is 18.3 Å². The molecule has 0 amide bonds. The monoisotopic (exact) mass is 407 g/mol. The number of hydrogen-bond acceptors (Lipinski definition) is 4. The fourth-order valence-corrected chi connectivity index (χ4v) is 4.41. The zero-order chi connectivity index (χ0) is 20.9. The van der Waals surface area contributed by atoms with Gasteiger partial charge in [0.1, 0.15) is 11.9 Å². The first-order valence-electron chi connectivity index (χ1n) is 9.46. The third kappa shape index (κ3) is 5.20. The Morgan fingerprint density at radius 3 is 2.43 bits per heavy atom. The molecule has 0 aliphatic heterocycles. The van der Waals surface area contributed by atoms with Crippen molar-refractivity contribution in [2.45, 2.75) is 57.5 Å². The summed E-state index contributed by atoms with van der Waals surface area (Å²) in [7, 11) is -2.56. The number of rotatable bonds is 10. The van der Waals surface area contributed by atoms with Crippen LogP contribution in [0.4, 0.5) is 0 Å². The van der Waals surface area contributed by atoms with E-state index < -0.39 is 22.0 Å². The number of sulfonamides is 1. The second kappa shape index (κ2) is 9.34. The summed E-state index contributed by atoms with van der Waals surface area (Å²) < 4.78 is 28.8. The summed E-state index contributed by atoms with van der Waals surface area (Å²) in [6.07, 6.45) is 5.81. The van der Waals surface area contributed by atoms with Gasteiger partial charge in [0.25, 0.3) is 0 Å². The van der Waals surface area contributed by atoms with E-state index in [4.69, 9.17) is 0 Å². The van der Waals surface area contributed by atoms with Gasteiger partial charge >= 0.3 is 5.97 Å². The molecule has 2 aromatic rings. The number of aromatic nitrogens is 2. The van der Waals surface area contributed by atoms with Crippen LogP contribution in [0, 0.1) is 5.92 Å². The molecule has 0 radical (unpaired) electrons. The van der Waals surface area contributed by atoms with Crippen LogP contribution < -0.4 is 0 Å². The third-order valence-corrected chi connectivity index (χ3v) is 6.53. The molecule has 2 rings (SSSR count). The number of carboxylic acids is 1. The molecule has 1 aromatic heterocycles. The Balaban J connectivity index is 2.20. The van der Waals surface area contributed by atoms with Crippen molar-refractivity contribution in [3.63, 3.8) is 0 Å². The second-order valence-electron chi connectivity index (χ2n) is 7.37. The largest absolute Gasteiger partial charge is 0.480 e. The Bertz CT molecular complexity index is 888. The van der Waals surface area contributed by atoms with Gasteiger partial charge in [0, 0.05) is 32.4 Å². The van der Waals surface area contributed by atoms with E-state index in [0.717, 1.165) is 28.5 Å². The summed E-state index contributed by atoms with van der Waals surface area (Å²) in [5, 5.41) is 9.45. The van der Waals surface area contributed by atoms with E-state index in [0.29, 0.717) is 6.54 Å². The molecule has 1 N–H and O–H groups in total. The van der Waals surface area contributed by atoms with Gasteiger partial charge in [-0.1, -0.05) is 32.9 Å². The average Bonchev–Trinajstić information content (AvgIpc) is 3.06. The van der Waals surface area contributed by atoms with E-state index >= 15 is 0 Å². The number of aryl methyl sites for hydroxylation is 1. The zero-order valence-electron chi connectivity index (χ0n) is 16.9. The van der Waals surface area contributed by atoms with E-state index in [1.807, 2.05) is 24.6 Å². The predicted molar refractivity (Wildman–Crippen MR) is 108 cm³/mol. The Hall–Kier alpha value is -2.19. The van der Waals surface area contributed by atoms with Gasteiger partial charge in [-0.2, -0.15) is 4.31 Å². The van der Waals surface area contributed by atoms with Crippen molar-refractivity contribution in [3.8, 4) is 0 Å². The highest BCUT2D eigenvalue weighted by molar-refractivity contribution is 7.89. The van der Waals surface area contributed by atoms with Crippen LogP contribution in [0.3, 0.4) is 0 Å². The molecule has 0 fully saturated rings. The van der Waals surface area contributed by atoms with Crippen LogP contribution in [0.15, 0.2) is 41.6 Å². The number of carboxylic acid groups (broad SMARTS) is 1. The number of aliphatic carboxylic acids is 1. The number of benzene rings is 1. The predicted octanol–water partition coefficient (Wildman–Crippen LogP) is 3.00. The third-order valence-electron chi connectivity index (χ3n) is 4.65. The lowest BCUT2D eigenvalue weighted by Crippen LogP contribution is -2.43. The molecule has 7 nitrogen and oxygen atoms in total. The van der Waals surface area contributed by atoms with Crippen molar-refractivity contribution < 1.29 is 18.3 Å². The van der Waals surface area contributed by atoms with Crippen molar-refractivity contribution in [1.82, 2.24) is 13.9 Å². The van der Waals surface area contributed by atoms with Crippen LogP contribution in [0.1, 0.15) is 45.0 Å². The molecule has 0 spiro atoms. The molecule has 0 aliphatic carbocycles. The molecule has 0 unspecified atom stereocenters. The molecular weight excluding hydrogens is 378 g/mol. The van der Waals surface area contributed by atoms with Crippen molar-refractivity contribution >= 4 is 16.0 Å².